The molecule has 0 fully saturated rings. The lowest BCUT2D eigenvalue weighted by Gasteiger charge is -2.08. The van der Waals surface area contributed by atoms with Crippen LogP contribution in [-0.2, 0) is 0 Å². The molecule has 3 rings (SSSR count). The smallest absolute Gasteiger partial charge is 0.261 e. The molecular weight excluding hydrogens is 288 g/mol. The van der Waals surface area contributed by atoms with E-state index in [1.54, 1.807) is 4.68 Å². The third-order valence-corrected chi connectivity index (χ3v) is 3.53. The predicted molar refractivity (Wildman–Crippen MR) is 91.8 cm³/mol. The molecule has 23 heavy (non-hydrogen) atoms. The number of nitrogens with one attached hydrogen (secondary N) is 1. The van der Waals surface area contributed by atoms with Crippen LogP contribution >= 0.6 is 0 Å². The first-order chi connectivity index (χ1) is 11.0. The van der Waals surface area contributed by atoms with Gasteiger partial charge in [0, 0.05) is 5.69 Å². The van der Waals surface area contributed by atoms with Crippen molar-refractivity contribution in [3.63, 3.8) is 0 Å². The molecule has 0 bridgehead atoms. The monoisotopic (exact) mass is 306 g/mol. The summed E-state index contributed by atoms with van der Waals surface area (Å²) in [4.78, 5) is 12.5. The Balaban J connectivity index is 1.87. The molecule has 3 aromatic rings. The van der Waals surface area contributed by atoms with Crippen molar-refractivity contribution in [1.29, 1.82) is 0 Å². The van der Waals surface area contributed by atoms with E-state index in [9.17, 15) is 4.79 Å². The zero-order chi connectivity index (χ0) is 16.4. The first-order valence-corrected chi connectivity index (χ1v) is 7.33. The van der Waals surface area contributed by atoms with Crippen molar-refractivity contribution in [2.75, 3.05) is 11.1 Å². The molecule has 0 saturated carbocycles. The number of anilines is 2. The Hall–Kier alpha value is -3.08. The molecule has 2 aromatic carbocycles. The molecule has 116 valence electrons. The highest BCUT2D eigenvalue weighted by molar-refractivity contribution is 6.07. The number of hydrogen-bond acceptors (Lipinski definition) is 3. The molecule has 0 aliphatic heterocycles. The van der Waals surface area contributed by atoms with Crippen LogP contribution in [0.5, 0.6) is 0 Å². The van der Waals surface area contributed by atoms with Crippen LogP contribution in [0.15, 0.2) is 54.7 Å². The molecule has 1 aromatic heterocycles. The van der Waals surface area contributed by atoms with Crippen molar-refractivity contribution >= 4 is 17.4 Å². The number of rotatable bonds is 3. The number of amides is 1. The first kappa shape index (κ1) is 14.8. The summed E-state index contributed by atoms with van der Waals surface area (Å²) in [6.07, 6.45) is 1.49. The lowest BCUT2D eigenvalue weighted by Crippen LogP contribution is -2.14. The van der Waals surface area contributed by atoms with E-state index < -0.39 is 0 Å². The number of nitrogens with two attached hydrogens (primary N) is 1. The van der Waals surface area contributed by atoms with Crippen molar-refractivity contribution in [3.8, 4) is 5.69 Å². The van der Waals surface area contributed by atoms with E-state index in [1.165, 1.54) is 6.20 Å². The Kier molecular flexibility index (Phi) is 3.85. The number of nitrogens with zero attached hydrogens (tertiary/aromatic N) is 2. The Morgan fingerprint density at radius 3 is 2.39 bits per heavy atom. The number of carbonyl (C=O) groups is 1. The average molecular weight is 306 g/mol. The Morgan fingerprint density at radius 1 is 1.09 bits per heavy atom. The lowest BCUT2D eigenvalue weighted by molar-refractivity contribution is 0.102. The van der Waals surface area contributed by atoms with E-state index in [0.29, 0.717) is 11.4 Å². The second kappa shape index (κ2) is 5.96. The van der Waals surface area contributed by atoms with E-state index in [0.717, 1.165) is 22.5 Å². The van der Waals surface area contributed by atoms with Gasteiger partial charge in [-0.25, -0.2) is 4.68 Å². The fraction of sp³-hybridized carbons (Fsp3) is 0.111. The molecule has 3 N–H and O–H groups in total. The predicted octanol–water partition coefficient (Wildman–Crippen LogP) is 3.32. The summed E-state index contributed by atoms with van der Waals surface area (Å²) < 4.78 is 1.55. The van der Waals surface area contributed by atoms with Crippen LogP contribution in [0.1, 0.15) is 21.5 Å². The van der Waals surface area contributed by atoms with Gasteiger partial charge in [0.1, 0.15) is 11.4 Å². The lowest BCUT2D eigenvalue weighted by atomic mass is 10.1. The van der Waals surface area contributed by atoms with Crippen LogP contribution in [0, 0.1) is 13.8 Å². The highest BCUT2D eigenvalue weighted by Crippen LogP contribution is 2.19. The standard InChI is InChI=1S/C18H18N4O/c1-12-8-13(2)10-14(9-12)21-18(23)16-11-20-22(17(16)19)15-6-4-3-5-7-15/h3-11H,19H2,1-2H3,(H,21,23). The number of benzene rings is 2. The fourth-order valence-electron chi connectivity index (χ4n) is 2.55. The van der Waals surface area contributed by atoms with E-state index in [4.69, 9.17) is 5.73 Å². The van der Waals surface area contributed by atoms with Crippen LogP contribution in [0.3, 0.4) is 0 Å². The highest BCUT2D eigenvalue weighted by Gasteiger charge is 2.16. The number of aryl methyl sites for hydroxylation is 2. The van der Waals surface area contributed by atoms with E-state index in [1.807, 2.05) is 56.3 Å². The van der Waals surface area contributed by atoms with Crippen molar-refractivity contribution in [1.82, 2.24) is 9.78 Å². The molecule has 0 unspecified atom stereocenters. The minimum atomic E-state index is -0.269. The van der Waals surface area contributed by atoms with Crippen LogP contribution in [0.4, 0.5) is 11.5 Å². The van der Waals surface area contributed by atoms with Gasteiger partial charge in [-0.1, -0.05) is 24.3 Å². The van der Waals surface area contributed by atoms with Gasteiger partial charge in [0.25, 0.3) is 5.91 Å². The normalized spacial score (nSPS) is 10.5. The van der Waals surface area contributed by atoms with Gasteiger partial charge in [0.05, 0.1) is 11.9 Å². The first-order valence-electron chi connectivity index (χ1n) is 7.33. The SMILES string of the molecule is Cc1cc(C)cc(NC(=O)c2cnn(-c3ccccc3)c2N)c1. The summed E-state index contributed by atoms with van der Waals surface area (Å²) in [5, 5.41) is 7.09. The minimum absolute atomic E-state index is 0.269. The number of carbonyl (C=O) groups excluding carboxylic acids is 1. The van der Waals surface area contributed by atoms with Gasteiger partial charge in [0.15, 0.2) is 0 Å². The molecule has 0 radical (unpaired) electrons. The minimum Gasteiger partial charge on any atom is -0.383 e. The summed E-state index contributed by atoms with van der Waals surface area (Å²) in [5.74, 6) is 0.0488. The van der Waals surface area contributed by atoms with Crippen molar-refractivity contribution < 1.29 is 4.79 Å². The molecule has 0 spiro atoms. The topological polar surface area (TPSA) is 72.9 Å². The molecule has 5 nitrogen and oxygen atoms in total. The third kappa shape index (κ3) is 3.08. The molecular formula is C18H18N4O. The molecule has 1 amide bonds. The van der Waals surface area contributed by atoms with Crippen LogP contribution < -0.4 is 11.1 Å². The maximum Gasteiger partial charge on any atom is 0.261 e. The van der Waals surface area contributed by atoms with Crippen LogP contribution in [0.2, 0.25) is 0 Å². The summed E-state index contributed by atoms with van der Waals surface area (Å²) in [7, 11) is 0. The van der Waals surface area contributed by atoms with Crippen LogP contribution in [0.25, 0.3) is 5.69 Å². The maximum absolute atomic E-state index is 12.5. The van der Waals surface area contributed by atoms with Crippen molar-refractivity contribution in [2.45, 2.75) is 13.8 Å². The average Bonchev–Trinajstić information content (AvgIpc) is 2.89. The number of nitrogen functional groups attached to an aromatic ring is 1. The highest BCUT2D eigenvalue weighted by atomic mass is 16.1. The van der Waals surface area contributed by atoms with E-state index in [-0.39, 0.29) is 5.91 Å². The van der Waals surface area contributed by atoms with Gasteiger partial charge in [-0.2, -0.15) is 5.10 Å². The van der Waals surface area contributed by atoms with Gasteiger partial charge >= 0.3 is 0 Å². The zero-order valence-corrected chi connectivity index (χ0v) is 13.1. The molecule has 0 saturated heterocycles. The molecule has 0 aliphatic carbocycles. The second-order valence-electron chi connectivity index (χ2n) is 5.52. The Bertz CT molecular complexity index is 832. The van der Waals surface area contributed by atoms with Gasteiger partial charge in [-0.3, -0.25) is 4.79 Å². The summed E-state index contributed by atoms with van der Waals surface area (Å²) in [5.41, 5.74) is 10.2. The molecule has 0 atom stereocenters. The van der Waals surface area contributed by atoms with E-state index >= 15 is 0 Å². The zero-order valence-electron chi connectivity index (χ0n) is 13.1. The van der Waals surface area contributed by atoms with E-state index in [2.05, 4.69) is 16.5 Å². The Labute approximate surface area is 134 Å². The third-order valence-electron chi connectivity index (χ3n) is 3.53. The van der Waals surface area contributed by atoms with Crippen molar-refractivity contribution in [3.05, 3.63) is 71.4 Å². The largest absolute Gasteiger partial charge is 0.383 e. The molecule has 5 heteroatoms. The van der Waals surface area contributed by atoms with Crippen molar-refractivity contribution in [2.24, 2.45) is 0 Å². The van der Waals surface area contributed by atoms with Gasteiger partial charge in [0.2, 0.25) is 0 Å². The number of hydrogen-bond donors (Lipinski definition) is 2. The maximum atomic E-state index is 12.5. The number of aromatic nitrogens is 2. The summed E-state index contributed by atoms with van der Waals surface area (Å²) >= 11 is 0. The Morgan fingerprint density at radius 2 is 1.74 bits per heavy atom. The number of para-hydroxylation sites is 1. The van der Waals surface area contributed by atoms with Gasteiger partial charge in [-0.15, -0.1) is 0 Å². The summed E-state index contributed by atoms with van der Waals surface area (Å²) in [6, 6.07) is 15.4. The quantitative estimate of drug-likeness (QED) is 0.779. The van der Waals surface area contributed by atoms with Gasteiger partial charge in [-0.05, 0) is 49.2 Å². The molecule has 0 aliphatic rings. The van der Waals surface area contributed by atoms with Gasteiger partial charge < -0.3 is 11.1 Å². The van der Waals surface area contributed by atoms with Crippen LogP contribution in [-0.4, -0.2) is 15.7 Å². The fourth-order valence-corrected chi connectivity index (χ4v) is 2.55. The summed E-state index contributed by atoms with van der Waals surface area (Å²) in [6.45, 7) is 3.98. The molecule has 1 heterocycles. The second-order valence-corrected chi connectivity index (χ2v) is 5.52.